The van der Waals surface area contributed by atoms with Gasteiger partial charge in [0, 0.05) is 44.7 Å². The fourth-order valence-corrected chi connectivity index (χ4v) is 7.48. The van der Waals surface area contributed by atoms with Crippen LogP contribution < -0.4 is 31.6 Å². The van der Waals surface area contributed by atoms with Crippen molar-refractivity contribution < 1.29 is 43.6 Å². The number of rotatable bonds is 13. The van der Waals surface area contributed by atoms with Crippen LogP contribution in [0.3, 0.4) is 0 Å². The van der Waals surface area contributed by atoms with Gasteiger partial charge in [-0.2, -0.15) is 0 Å². The summed E-state index contributed by atoms with van der Waals surface area (Å²) >= 11 is 0. The van der Waals surface area contributed by atoms with Crippen LogP contribution in [0.25, 0.3) is 0 Å². The SMILES string of the molecule is COc1ccc2c3c1O[C@@H]1C(OC(=O)N(C)CCNC(=O)[C@@H](CCCN=C(N)N)NC(=O)CC(=O)O)=CC[C@]4(O)[C@H](C2)N(C)CC[C@@]314. The summed E-state index contributed by atoms with van der Waals surface area (Å²) in [5.41, 5.74) is 10.7. The molecule has 47 heavy (non-hydrogen) atoms. The minimum absolute atomic E-state index is 0.0202. The van der Waals surface area contributed by atoms with Crippen LogP contribution >= 0.6 is 0 Å². The molecule has 4 aliphatic rings. The van der Waals surface area contributed by atoms with Crippen molar-refractivity contribution in [3.05, 3.63) is 35.1 Å². The molecule has 8 N–H and O–H groups in total. The van der Waals surface area contributed by atoms with Crippen LogP contribution in [0.5, 0.6) is 11.5 Å². The smallest absolute Gasteiger partial charge is 0.414 e. The number of carbonyl (C=O) groups is 4. The van der Waals surface area contributed by atoms with E-state index in [1.807, 2.05) is 19.2 Å². The lowest BCUT2D eigenvalue weighted by Crippen LogP contribution is -2.74. The summed E-state index contributed by atoms with van der Waals surface area (Å²) in [5.74, 6) is -1.38. The van der Waals surface area contributed by atoms with Gasteiger partial charge in [0.05, 0.1) is 18.1 Å². The molecular weight excluding hydrogens is 614 g/mol. The number of aliphatic imine (C=N–C) groups is 1. The quantitative estimate of drug-likeness (QED) is 0.0661. The van der Waals surface area contributed by atoms with Crippen molar-refractivity contribution in [3.8, 4) is 11.5 Å². The second-order valence-corrected chi connectivity index (χ2v) is 12.5. The van der Waals surface area contributed by atoms with Crippen molar-refractivity contribution in [1.82, 2.24) is 20.4 Å². The Hall–Kier alpha value is -4.57. The normalized spacial score (nSPS) is 25.7. The Labute approximate surface area is 272 Å². The van der Waals surface area contributed by atoms with Gasteiger partial charge in [0.25, 0.3) is 0 Å². The average molecular weight is 658 g/mol. The number of piperidine rings is 1. The molecule has 3 amide bonds. The maximum atomic E-state index is 13.3. The third kappa shape index (κ3) is 6.14. The standard InChI is InChI=1S/C31H43N7O9/c1-37-13-10-30-24-17-6-7-19(45-3)25(24)47-26(30)20(8-9-31(30,44)21(37)15-17)46-29(43)38(2)14-12-34-27(42)18(5-4-11-35-28(32)33)36-22(39)16-23(40)41/h6-8,18,21,26,44H,4-5,9-16H2,1-3H3,(H,34,42)(H,36,39)(H,40,41)(H4,32,33,35)/t18-,21+,26-,30-,31+/m1/s1. The Bertz CT molecular complexity index is 1500. The van der Waals surface area contributed by atoms with Gasteiger partial charge in [-0.05, 0) is 57.0 Å². The number of carboxylic acid groups (broad SMARTS) is 1. The minimum Gasteiger partial charge on any atom is -0.493 e. The molecule has 0 unspecified atom stereocenters. The molecule has 1 saturated heterocycles. The lowest BCUT2D eigenvalue weighted by molar-refractivity contribution is -0.163. The summed E-state index contributed by atoms with van der Waals surface area (Å²) in [4.78, 5) is 56.5. The van der Waals surface area contributed by atoms with Crippen molar-refractivity contribution in [2.24, 2.45) is 16.5 Å². The highest BCUT2D eigenvalue weighted by Gasteiger charge is 2.72. The third-order valence-electron chi connectivity index (χ3n) is 9.73. The summed E-state index contributed by atoms with van der Waals surface area (Å²) in [6, 6.07) is 2.72. The van der Waals surface area contributed by atoms with Crippen LogP contribution in [0, 0.1) is 0 Å². The summed E-state index contributed by atoms with van der Waals surface area (Å²) in [6.07, 6.45) is 1.56. The molecule has 1 fully saturated rings. The topological polar surface area (TPSA) is 231 Å². The number of aliphatic hydroxyl groups is 1. The van der Waals surface area contributed by atoms with Crippen molar-refractivity contribution in [1.29, 1.82) is 0 Å². The summed E-state index contributed by atoms with van der Waals surface area (Å²) in [7, 11) is 5.10. The molecule has 1 spiro atoms. The Balaban J connectivity index is 1.23. The molecule has 16 heteroatoms. The number of likely N-dealkylation sites (tertiary alicyclic amines) is 1. The fraction of sp³-hybridized carbons (Fsp3) is 0.581. The zero-order valence-electron chi connectivity index (χ0n) is 26.8. The predicted molar refractivity (Wildman–Crippen MR) is 168 cm³/mol. The van der Waals surface area contributed by atoms with Gasteiger partial charge < -0.3 is 56.3 Å². The molecule has 2 bridgehead atoms. The molecule has 0 aromatic heterocycles. The van der Waals surface area contributed by atoms with Crippen molar-refractivity contribution >= 4 is 29.8 Å². The highest BCUT2D eigenvalue weighted by molar-refractivity contribution is 5.96. The van der Waals surface area contributed by atoms with Gasteiger partial charge in [0.1, 0.15) is 18.2 Å². The van der Waals surface area contributed by atoms with E-state index in [0.29, 0.717) is 36.5 Å². The first-order chi connectivity index (χ1) is 22.3. The van der Waals surface area contributed by atoms with E-state index in [0.717, 1.165) is 17.7 Å². The number of aliphatic carboxylic acids is 1. The molecule has 5 rings (SSSR count). The summed E-state index contributed by atoms with van der Waals surface area (Å²) in [6.45, 7) is 1.03. The van der Waals surface area contributed by atoms with Gasteiger partial charge in [-0.1, -0.05) is 6.07 Å². The molecule has 16 nitrogen and oxygen atoms in total. The number of likely N-dealkylation sites (N-methyl/N-ethyl adjacent to an activating group) is 2. The zero-order chi connectivity index (χ0) is 34.1. The van der Waals surface area contributed by atoms with Gasteiger partial charge in [-0.3, -0.25) is 19.4 Å². The molecule has 0 saturated carbocycles. The van der Waals surface area contributed by atoms with Crippen LogP contribution in [0.2, 0.25) is 0 Å². The van der Waals surface area contributed by atoms with Crippen LogP contribution in [0.1, 0.15) is 43.2 Å². The van der Waals surface area contributed by atoms with E-state index < -0.39 is 53.5 Å². The fourth-order valence-electron chi connectivity index (χ4n) is 7.48. The molecule has 1 aromatic rings. The van der Waals surface area contributed by atoms with Gasteiger partial charge in [0.15, 0.2) is 23.6 Å². The lowest BCUT2D eigenvalue weighted by Gasteiger charge is -2.61. The molecular formula is C31H43N7O9. The molecule has 2 aliphatic carbocycles. The Kier molecular flexibility index (Phi) is 9.54. The largest absolute Gasteiger partial charge is 0.493 e. The maximum Gasteiger partial charge on any atom is 0.414 e. The van der Waals surface area contributed by atoms with Crippen LogP contribution in [-0.4, -0.2) is 121 Å². The number of hydrogen-bond donors (Lipinski definition) is 6. The van der Waals surface area contributed by atoms with E-state index >= 15 is 0 Å². The van der Waals surface area contributed by atoms with E-state index in [4.69, 9.17) is 30.8 Å². The average Bonchev–Trinajstić information content (AvgIpc) is 3.37. The van der Waals surface area contributed by atoms with Crippen molar-refractivity contribution in [3.63, 3.8) is 0 Å². The van der Waals surface area contributed by atoms with E-state index in [9.17, 15) is 24.3 Å². The Morgan fingerprint density at radius 1 is 1.28 bits per heavy atom. The number of nitrogens with one attached hydrogen (secondary N) is 2. The van der Waals surface area contributed by atoms with Crippen molar-refractivity contribution in [2.45, 2.75) is 67.7 Å². The van der Waals surface area contributed by atoms with Crippen molar-refractivity contribution in [2.75, 3.05) is 47.4 Å². The van der Waals surface area contributed by atoms with Crippen LogP contribution in [-0.2, 0) is 31.0 Å². The van der Waals surface area contributed by atoms with E-state index in [1.165, 1.54) is 11.9 Å². The summed E-state index contributed by atoms with van der Waals surface area (Å²) < 4.78 is 18.1. The molecule has 0 radical (unpaired) electrons. The second kappa shape index (κ2) is 13.3. The summed E-state index contributed by atoms with van der Waals surface area (Å²) in [5, 5.41) is 26.3. The number of guanidine groups is 1. The highest BCUT2D eigenvalue weighted by atomic mass is 16.6. The van der Waals surface area contributed by atoms with Crippen LogP contribution in [0.4, 0.5) is 4.79 Å². The third-order valence-corrected chi connectivity index (χ3v) is 9.73. The van der Waals surface area contributed by atoms with Gasteiger partial charge in [-0.15, -0.1) is 0 Å². The number of benzene rings is 1. The van der Waals surface area contributed by atoms with Gasteiger partial charge >= 0.3 is 12.1 Å². The van der Waals surface area contributed by atoms with E-state index in [1.54, 1.807) is 13.2 Å². The second-order valence-electron chi connectivity index (χ2n) is 12.5. The molecule has 5 atom stereocenters. The monoisotopic (exact) mass is 657 g/mol. The lowest BCUT2D eigenvalue weighted by atomic mass is 9.50. The number of ether oxygens (including phenoxy) is 3. The minimum atomic E-state index is -1.33. The number of nitrogens with zero attached hydrogens (tertiary/aromatic N) is 3. The van der Waals surface area contributed by atoms with E-state index in [2.05, 4.69) is 20.5 Å². The zero-order valence-corrected chi connectivity index (χ0v) is 26.8. The van der Waals surface area contributed by atoms with E-state index in [-0.39, 0.29) is 44.5 Å². The number of amides is 3. The first kappa shape index (κ1) is 33.8. The van der Waals surface area contributed by atoms with Gasteiger partial charge in [-0.25, -0.2) is 4.79 Å². The van der Waals surface area contributed by atoms with Crippen LogP contribution in [0.15, 0.2) is 29.0 Å². The number of hydrogen-bond acceptors (Lipinski definition) is 10. The molecule has 2 aliphatic heterocycles. The number of carboxylic acids is 1. The Morgan fingerprint density at radius 2 is 2.04 bits per heavy atom. The Morgan fingerprint density at radius 3 is 2.74 bits per heavy atom. The predicted octanol–water partition coefficient (Wildman–Crippen LogP) is -0.829. The number of carbonyl (C=O) groups excluding carboxylic acids is 3. The maximum absolute atomic E-state index is 13.3. The van der Waals surface area contributed by atoms with Gasteiger partial charge in [0.2, 0.25) is 11.8 Å². The molecule has 2 heterocycles. The molecule has 256 valence electrons. The number of nitrogens with two attached hydrogens (primary N) is 2. The first-order valence-electron chi connectivity index (χ1n) is 15.6. The number of methoxy groups -OCH3 is 1. The first-order valence-corrected chi connectivity index (χ1v) is 15.6. The highest BCUT2D eigenvalue weighted by Crippen LogP contribution is 2.65. The molecule has 1 aromatic carbocycles.